The second-order valence-electron chi connectivity index (χ2n) is 24.1. The summed E-state index contributed by atoms with van der Waals surface area (Å²) in [5.41, 5.74) is -2.77. The Morgan fingerprint density at radius 1 is 0.740 bits per heavy atom. The molecule has 2 aliphatic heterocycles. The molecule has 8 aliphatic carbocycles. The number of Topliss-reactive ketones (excluding diaryl/α,β-unsaturated/α-hetero) is 2. The van der Waals surface area contributed by atoms with Crippen LogP contribution < -0.4 is 0 Å². The van der Waals surface area contributed by atoms with Gasteiger partial charge in [0, 0.05) is 23.7 Å². The number of halogens is 1. The molecule has 8 N–H and O–H groups in total. The van der Waals surface area contributed by atoms with Gasteiger partial charge in [0.05, 0.1) is 0 Å². The van der Waals surface area contributed by atoms with Gasteiger partial charge >= 0.3 is 11.9 Å². The SMILES string of the molecule is C[C@]12CC[C@@]3(F)[C@@H](CCC4=CC(=O)C=C[C@@]43C)[C@@H]1CC[C@@H]2C(=O)COC1O[C@H](C(=O)O)[C@@H](O)[C@H](O)[C@H]1OC1(C(O)C(=O)[C@H]2CCC3C4C=CC5=CC(=O)CC[C@]5(C)C4CC[C@@]32C)O[C@H](C(=O)O)[C@@H](O)[C@H](O)[C@H]1O. The van der Waals surface area contributed by atoms with Crippen LogP contribution in [-0.2, 0) is 47.7 Å². The number of carbonyl (C=O) groups excluding carboxylic acids is 4. The number of carboxylic acid groups (broad SMARTS) is 2. The Bertz CT molecular complexity index is 2470. The molecule has 0 bridgehead atoms. The maximum atomic E-state index is 17.6. The van der Waals surface area contributed by atoms with Crippen LogP contribution in [-0.4, -0.2) is 155 Å². The maximum absolute atomic E-state index is 17.6. The Kier molecular flexibility index (Phi) is 13.0. The van der Waals surface area contributed by atoms with Crippen molar-refractivity contribution in [3.8, 4) is 0 Å². The van der Waals surface area contributed by atoms with Crippen LogP contribution in [0.2, 0.25) is 0 Å². The molecule has 7 fully saturated rings. The van der Waals surface area contributed by atoms with Gasteiger partial charge in [0.15, 0.2) is 47.7 Å². The van der Waals surface area contributed by atoms with Crippen molar-refractivity contribution in [2.45, 2.75) is 177 Å². The van der Waals surface area contributed by atoms with Gasteiger partial charge in [-0.2, -0.15) is 0 Å². The number of hydrogen-bond acceptors (Lipinski definition) is 16. The fraction of sp³-hybridized carbons (Fsp3) is 0.741. The fourth-order valence-corrected chi connectivity index (χ4v) is 16.8. The Labute approximate surface area is 421 Å². The standard InChI is InChI=1S/C54H69FO18/c1-49-16-13-26(56)21-24(49)5-7-28-29-9-12-34(50(29,2)17-15-30(28)49)36(59)44(64)54(45(65)40(63)39(62)42(72-54)47(68)69)73-43-38(61)37(60)41(46(66)67)71-48(43)70-23-35(58)33-11-10-31-32-8-6-25-22-27(57)14-18-52(25,4)53(32,55)20-19-51(31,33)3/h5,7,14,18,21-22,28-34,37-45,48,60-65H,6,8-13,15-17,19-20,23H2,1-4H3,(H,66,67)(H,68,69)/t28?,29?,30?,31-,32-,33+,34+,37-,38-,39-,40-,41-,42-,43+,44?,45+,48?,49-,50-,51-,52-,53+,54?/m0/s1. The van der Waals surface area contributed by atoms with Gasteiger partial charge in [-0.3, -0.25) is 19.2 Å². The van der Waals surface area contributed by atoms with Gasteiger partial charge in [0.1, 0.15) is 48.9 Å². The van der Waals surface area contributed by atoms with Crippen LogP contribution in [0.4, 0.5) is 4.39 Å². The largest absolute Gasteiger partial charge is 0.479 e. The fourth-order valence-electron chi connectivity index (χ4n) is 16.8. The molecule has 10 rings (SSSR count). The van der Waals surface area contributed by atoms with Gasteiger partial charge in [-0.25, -0.2) is 14.0 Å². The van der Waals surface area contributed by atoms with Crippen molar-refractivity contribution in [2.24, 2.45) is 63.1 Å². The van der Waals surface area contributed by atoms with Gasteiger partial charge in [-0.05, 0) is 147 Å². The van der Waals surface area contributed by atoms with E-state index in [1.54, 1.807) is 12.2 Å². The summed E-state index contributed by atoms with van der Waals surface area (Å²) in [4.78, 5) is 79.4. The van der Waals surface area contributed by atoms with Crippen LogP contribution in [0.25, 0.3) is 0 Å². The number of fused-ring (bicyclic) bond motifs is 10. The van der Waals surface area contributed by atoms with Gasteiger partial charge in [0.25, 0.3) is 0 Å². The predicted octanol–water partition coefficient (Wildman–Crippen LogP) is 2.62. The maximum Gasteiger partial charge on any atom is 0.335 e. The number of allylic oxidation sites excluding steroid dienone is 8. The Morgan fingerprint density at radius 2 is 1.41 bits per heavy atom. The highest BCUT2D eigenvalue weighted by molar-refractivity contribution is 6.01. The Balaban J connectivity index is 0.927. The van der Waals surface area contributed by atoms with E-state index < -0.39 is 137 Å². The molecule has 5 saturated carbocycles. The van der Waals surface area contributed by atoms with E-state index in [1.807, 2.05) is 26.8 Å². The summed E-state index contributed by atoms with van der Waals surface area (Å²) in [6.07, 6.45) is -8.52. The molecule has 0 spiro atoms. The molecule has 2 saturated heterocycles. The van der Waals surface area contributed by atoms with Gasteiger partial charge < -0.3 is 59.8 Å². The Hall–Kier alpha value is -3.89. The molecule has 0 aromatic rings. The topological polar surface area (TPSA) is 301 Å². The zero-order valence-electron chi connectivity index (χ0n) is 41.5. The average molecular weight is 1030 g/mol. The molecule has 6 unspecified atom stereocenters. The second-order valence-corrected chi connectivity index (χ2v) is 24.1. The van der Waals surface area contributed by atoms with Crippen LogP contribution in [0.5, 0.6) is 0 Å². The summed E-state index contributed by atoms with van der Waals surface area (Å²) in [5.74, 6) is -11.0. The molecule has 73 heavy (non-hydrogen) atoms. The van der Waals surface area contributed by atoms with E-state index in [-0.39, 0.29) is 53.5 Å². The van der Waals surface area contributed by atoms with E-state index in [0.29, 0.717) is 64.2 Å². The third-order valence-electron chi connectivity index (χ3n) is 21.0. The lowest BCUT2D eigenvalue weighted by Gasteiger charge is -2.60. The van der Waals surface area contributed by atoms with Crippen molar-refractivity contribution >= 4 is 35.1 Å². The highest BCUT2D eigenvalue weighted by Gasteiger charge is 2.70. The van der Waals surface area contributed by atoms with E-state index >= 15 is 9.18 Å². The first-order valence-corrected chi connectivity index (χ1v) is 26.1. The highest BCUT2D eigenvalue weighted by Crippen LogP contribution is 2.70. The lowest BCUT2D eigenvalue weighted by Crippen LogP contribution is -2.75. The molecule has 10 aliphatic rings. The van der Waals surface area contributed by atoms with Crippen LogP contribution in [0.15, 0.2) is 47.6 Å². The van der Waals surface area contributed by atoms with Crippen molar-refractivity contribution in [3.63, 3.8) is 0 Å². The molecule has 19 heteroatoms. The summed E-state index contributed by atoms with van der Waals surface area (Å²) in [6, 6.07) is 0. The lowest BCUT2D eigenvalue weighted by molar-refractivity contribution is -0.418. The van der Waals surface area contributed by atoms with E-state index in [2.05, 4.69) is 13.0 Å². The number of rotatable bonds is 11. The van der Waals surface area contributed by atoms with Crippen molar-refractivity contribution in [1.82, 2.24) is 0 Å². The highest BCUT2D eigenvalue weighted by atomic mass is 19.1. The van der Waals surface area contributed by atoms with Gasteiger partial charge in [0.2, 0.25) is 5.79 Å². The van der Waals surface area contributed by atoms with Crippen molar-refractivity contribution in [2.75, 3.05) is 6.61 Å². The first-order chi connectivity index (χ1) is 34.3. The quantitative estimate of drug-likeness (QED) is 0.148. The summed E-state index contributed by atoms with van der Waals surface area (Å²) in [6.45, 7) is 7.01. The zero-order chi connectivity index (χ0) is 52.7. The summed E-state index contributed by atoms with van der Waals surface area (Å²) < 4.78 is 41.2. The number of carboxylic acids is 2. The molecule has 23 atom stereocenters. The number of carbonyl (C=O) groups is 6. The molecule has 18 nitrogen and oxygen atoms in total. The summed E-state index contributed by atoms with van der Waals surface area (Å²) >= 11 is 0. The smallest absolute Gasteiger partial charge is 0.335 e. The molecule has 400 valence electrons. The van der Waals surface area contributed by atoms with Crippen LogP contribution >= 0.6 is 0 Å². The van der Waals surface area contributed by atoms with E-state index in [4.69, 9.17) is 18.9 Å². The van der Waals surface area contributed by atoms with Crippen molar-refractivity contribution in [1.29, 1.82) is 0 Å². The van der Waals surface area contributed by atoms with Crippen LogP contribution in [0.1, 0.15) is 105 Å². The van der Waals surface area contributed by atoms with Crippen molar-refractivity contribution in [3.05, 3.63) is 47.6 Å². The molecular weight excluding hydrogens is 956 g/mol. The summed E-state index contributed by atoms with van der Waals surface area (Å²) in [7, 11) is 0. The minimum Gasteiger partial charge on any atom is -0.479 e. The minimum atomic E-state index is -3.38. The number of alkyl halides is 1. The number of ether oxygens (including phenoxy) is 4. The molecule has 0 amide bonds. The molecule has 2 heterocycles. The van der Waals surface area contributed by atoms with Crippen molar-refractivity contribution < 1.29 is 93.0 Å². The monoisotopic (exact) mass is 1020 g/mol. The molecule has 0 aromatic carbocycles. The van der Waals surface area contributed by atoms with Crippen LogP contribution in [0.3, 0.4) is 0 Å². The number of aliphatic hydroxyl groups is 6. The zero-order valence-corrected chi connectivity index (χ0v) is 41.5. The summed E-state index contributed by atoms with van der Waals surface area (Å²) in [5, 5.41) is 89.8. The number of aliphatic carboxylic acids is 2. The van der Waals surface area contributed by atoms with E-state index in [1.165, 1.54) is 12.2 Å². The molecule has 0 aromatic heterocycles. The minimum absolute atomic E-state index is 0.0191. The number of aliphatic hydroxyl groups excluding tert-OH is 6. The number of hydrogen-bond donors (Lipinski definition) is 8. The average Bonchev–Trinajstić information content (AvgIpc) is 3.89. The second kappa shape index (κ2) is 18.1. The molecular formula is C54H69FO18. The normalized spacial score (nSPS) is 50.2. The molecule has 0 radical (unpaired) electrons. The third kappa shape index (κ3) is 7.66. The van der Waals surface area contributed by atoms with Gasteiger partial charge in [-0.1, -0.05) is 44.6 Å². The predicted molar refractivity (Wildman–Crippen MR) is 249 cm³/mol. The first kappa shape index (κ1) is 52.5. The number of ketones is 4. The van der Waals surface area contributed by atoms with Gasteiger partial charge in [-0.15, -0.1) is 0 Å². The lowest BCUT2D eigenvalue weighted by atomic mass is 9.46. The Morgan fingerprint density at radius 3 is 2.12 bits per heavy atom. The first-order valence-electron chi connectivity index (χ1n) is 26.1. The third-order valence-corrected chi connectivity index (χ3v) is 21.0. The van der Waals surface area contributed by atoms with Crippen LogP contribution in [0, 0.1) is 63.1 Å². The van der Waals surface area contributed by atoms with E-state index in [0.717, 1.165) is 11.1 Å². The van der Waals surface area contributed by atoms with E-state index in [9.17, 15) is 64.8 Å².